The molecule has 2 rings (SSSR count). The van der Waals surface area contributed by atoms with Crippen molar-refractivity contribution in [1.82, 2.24) is 10.2 Å². The highest BCUT2D eigenvalue weighted by molar-refractivity contribution is 7.13. The number of aliphatic carboxylic acids is 2. The zero-order chi connectivity index (χ0) is 19.5. The molecule has 0 aliphatic carbocycles. The molecular weight excluding hydrogens is 366 g/mol. The highest BCUT2D eigenvalue weighted by Crippen LogP contribution is 2.16. The average molecular weight is 383 g/mol. The Balaban J connectivity index is 2.10. The highest BCUT2D eigenvalue weighted by atomic mass is 32.1. The van der Waals surface area contributed by atoms with E-state index in [1.165, 1.54) is 25.2 Å². The molecule has 1 unspecified atom stereocenters. The van der Waals surface area contributed by atoms with Crippen LogP contribution in [0.25, 0.3) is 0 Å². The van der Waals surface area contributed by atoms with Gasteiger partial charge < -0.3 is 25.3 Å². The lowest BCUT2D eigenvalue weighted by Crippen LogP contribution is -2.65. The van der Waals surface area contributed by atoms with E-state index in [9.17, 15) is 19.2 Å². The molecule has 1 fully saturated rings. The van der Waals surface area contributed by atoms with E-state index in [0.717, 1.165) is 4.90 Å². The Hall–Kier alpha value is -2.95. The lowest BCUT2D eigenvalue weighted by atomic mass is 10.1. The third kappa shape index (κ3) is 4.36. The minimum atomic E-state index is -1.65. The zero-order valence-corrected chi connectivity index (χ0v) is 14.8. The van der Waals surface area contributed by atoms with Gasteiger partial charge in [-0.3, -0.25) is 14.4 Å². The summed E-state index contributed by atoms with van der Waals surface area (Å²) in [6, 6.07) is 2.41. The fourth-order valence-electron chi connectivity index (χ4n) is 1.95. The molecule has 0 radical (unpaired) electrons. The summed E-state index contributed by atoms with van der Waals surface area (Å²) in [5.41, 5.74) is -1.81. The topological polar surface area (TPSA) is 146 Å². The molecule has 11 heteroatoms. The second-order valence-corrected chi connectivity index (χ2v) is 6.91. The number of carboxylic acids is 2. The first kappa shape index (κ1) is 19.4. The van der Waals surface area contributed by atoms with E-state index in [0.29, 0.717) is 4.88 Å². The quantitative estimate of drug-likeness (QED) is 0.318. The van der Waals surface area contributed by atoms with Crippen molar-refractivity contribution in [1.29, 1.82) is 0 Å². The van der Waals surface area contributed by atoms with E-state index >= 15 is 0 Å². The maximum atomic E-state index is 12.5. The molecule has 10 nitrogen and oxygen atoms in total. The fourth-order valence-corrected chi connectivity index (χ4v) is 2.65. The summed E-state index contributed by atoms with van der Waals surface area (Å²) in [5, 5.41) is 25.6. The van der Waals surface area contributed by atoms with Crippen molar-refractivity contribution in [2.24, 2.45) is 5.16 Å². The first-order valence-corrected chi connectivity index (χ1v) is 8.34. The summed E-state index contributed by atoms with van der Waals surface area (Å²) < 4.78 is 0. The molecule has 140 valence electrons. The Labute approximate surface area is 152 Å². The summed E-state index contributed by atoms with van der Waals surface area (Å²) in [4.78, 5) is 52.5. The third-order valence-electron chi connectivity index (χ3n) is 3.49. The molecule has 0 aromatic carbocycles. The van der Waals surface area contributed by atoms with Crippen molar-refractivity contribution in [2.75, 3.05) is 13.1 Å². The molecule has 0 spiro atoms. The molecule has 26 heavy (non-hydrogen) atoms. The van der Waals surface area contributed by atoms with Gasteiger partial charge in [-0.1, -0.05) is 11.2 Å². The van der Waals surface area contributed by atoms with Crippen LogP contribution in [0.15, 0.2) is 22.7 Å². The minimum absolute atomic E-state index is 0.0655. The Morgan fingerprint density at radius 3 is 2.62 bits per heavy atom. The molecule has 3 N–H and O–H groups in total. The number of carboxylic acid groups (broad SMARTS) is 2. The maximum Gasteiger partial charge on any atom is 0.350 e. The molecule has 1 saturated heterocycles. The van der Waals surface area contributed by atoms with Gasteiger partial charge in [0.25, 0.3) is 5.91 Å². The number of carbonyl (C=O) groups excluding carboxylic acids is 2. The van der Waals surface area contributed by atoms with E-state index in [1.807, 2.05) is 0 Å². The molecule has 1 atom stereocenters. The van der Waals surface area contributed by atoms with Gasteiger partial charge in [-0.05, 0) is 25.3 Å². The minimum Gasteiger partial charge on any atom is -0.480 e. The van der Waals surface area contributed by atoms with Gasteiger partial charge >= 0.3 is 11.9 Å². The zero-order valence-electron chi connectivity index (χ0n) is 14.0. The number of thiophene rings is 1. The molecule has 1 aliphatic heterocycles. The van der Waals surface area contributed by atoms with Gasteiger partial charge in [-0.15, -0.1) is 11.3 Å². The lowest BCUT2D eigenvalue weighted by Gasteiger charge is -2.37. The molecular formula is C15H17N3O7S. The molecule has 1 aromatic rings. The van der Waals surface area contributed by atoms with E-state index < -0.39 is 41.9 Å². The number of nitrogens with zero attached hydrogens (tertiary/aromatic N) is 2. The molecule has 1 aromatic heterocycles. The van der Waals surface area contributed by atoms with Gasteiger partial charge in [0.2, 0.25) is 11.5 Å². The molecule has 0 saturated carbocycles. The maximum absolute atomic E-state index is 12.5. The Morgan fingerprint density at radius 2 is 2.12 bits per heavy atom. The second kappa shape index (κ2) is 7.52. The molecule has 1 aliphatic rings. The van der Waals surface area contributed by atoms with Crippen LogP contribution >= 0.6 is 11.3 Å². The van der Waals surface area contributed by atoms with Gasteiger partial charge in [0, 0.05) is 0 Å². The Morgan fingerprint density at radius 1 is 1.42 bits per heavy atom. The second-order valence-electron chi connectivity index (χ2n) is 5.96. The van der Waals surface area contributed by atoms with Crippen molar-refractivity contribution in [3.63, 3.8) is 0 Å². The number of oxime groups is 1. The van der Waals surface area contributed by atoms with Crippen LogP contribution in [0, 0.1) is 0 Å². The van der Waals surface area contributed by atoms with Crippen molar-refractivity contribution >= 4 is 40.8 Å². The van der Waals surface area contributed by atoms with Gasteiger partial charge in [0.1, 0.15) is 12.6 Å². The smallest absolute Gasteiger partial charge is 0.350 e. The van der Waals surface area contributed by atoms with Crippen LogP contribution in [0.1, 0.15) is 18.7 Å². The Bertz CT molecular complexity index is 757. The monoisotopic (exact) mass is 383 g/mol. The van der Waals surface area contributed by atoms with Crippen LogP contribution in [0.5, 0.6) is 0 Å². The number of amides is 2. The summed E-state index contributed by atoms with van der Waals surface area (Å²) in [6.07, 6.45) is 0. The normalized spacial score (nSPS) is 17.5. The largest absolute Gasteiger partial charge is 0.480 e. The van der Waals surface area contributed by atoms with Crippen LogP contribution in [0.4, 0.5) is 0 Å². The van der Waals surface area contributed by atoms with Crippen LogP contribution < -0.4 is 5.32 Å². The van der Waals surface area contributed by atoms with Crippen molar-refractivity contribution < 1.29 is 34.2 Å². The fraction of sp³-hybridized carbons (Fsp3) is 0.400. The number of nitrogens with one attached hydrogen (secondary N) is 1. The van der Waals surface area contributed by atoms with E-state index in [4.69, 9.17) is 15.1 Å². The third-order valence-corrected chi connectivity index (χ3v) is 4.37. The molecule has 2 amide bonds. The number of hydrogen-bond donors (Lipinski definition) is 3. The van der Waals surface area contributed by atoms with E-state index in [-0.39, 0.29) is 12.3 Å². The highest BCUT2D eigenvalue weighted by Gasteiger charge is 2.39. The van der Waals surface area contributed by atoms with Crippen molar-refractivity contribution in [2.45, 2.75) is 25.5 Å². The van der Waals surface area contributed by atoms with Gasteiger partial charge in [-0.2, -0.15) is 0 Å². The summed E-state index contributed by atoms with van der Waals surface area (Å²) in [5.74, 6) is -3.64. The van der Waals surface area contributed by atoms with Gasteiger partial charge in [-0.25, -0.2) is 4.79 Å². The van der Waals surface area contributed by atoms with E-state index in [2.05, 4.69) is 10.5 Å². The van der Waals surface area contributed by atoms with Crippen LogP contribution in [-0.2, 0) is 24.0 Å². The predicted molar refractivity (Wildman–Crippen MR) is 89.8 cm³/mol. The summed E-state index contributed by atoms with van der Waals surface area (Å²) in [7, 11) is 0. The molecule has 2 heterocycles. The number of β-lactam (4-membered cyclic amide) rings is 1. The lowest BCUT2D eigenvalue weighted by molar-refractivity contribution is -0.161. The van der Waals surface area contributed by atoms with Crippen LogP contribution in [0.3, 0.4) is 0 Å². The van der Waals surface area contributed by atoms with Crippen molar-refractivity contribution in [3.05, 3.63) is 22.4 Å². The van der Waals surface area contributed by atoms with Gasteiger partial charge in [0.05, 0.1) is 11.4 Å². The standard InChI is InChI=1S/C15H17N3O7S/c1-15(2,14(23)24)25-17-11(9-4-3-5-26-9)12(21)16-8-6-18(13(8)22)7-10(19)20/h3-5,8H,6-7H2,1-2H3,(H,16,21)(H,19,20)(H,23,24)/b17-11-. The summed E-state index contributed by atoms with van der Waals surface area (Å²) >= 11 is 1.19. The average Bonchev–Trinajstić information content (AvgIpc) is 3.07. The first-order chi connectivity index (χ1) is 12.1. The van der Waals surface area contributed by atoms with Crippen LogP contribution in [0.2, 0.25) is 0 Å². The van der Waals surface area contributed by atoms with Gasteiger partial charge in [0.15, 0.2) is 5.71 Å². The van der Waals surface area contributed by atoms with E-state index in [1.54, 1.807) is 17.5 Å². The van der Waals surface area contributed by atoms with Crippen molar-refractivity contribution in [3.8, 4) is 0 Å². The first-order valence-electron chi connectivity index (χ1n) is 7.46. The number of likely N-dealkylation sites (tertiary alicyclic amines) is 1. The Kier molecular flexibility index (Phi) is 5.60. The number of rotatable bonds is 8. The number of carbonyl (C=O) groups is 4. The summed E-state index contributed by atoms with van der Waals surface area (Å²) in [6.45, 7) is 2.19. The molecule has 0 bridgehead atoms. The SMILES string of the molecule is CC(C)(O/N=C(\C(=O)NC1CN(CC(=O)O)C1=O)c1cccs1)C(=O)O. The number of hydrogen-bond acceptors (Lipinski definition) is 7. The predicted octanol–water partition coefficient (Wildman–Crippen LogP) is -0.256. The van der Waals surface area contributed by atoms with Crippen LogP contribution in [-0.4, -0.2) is 69.3 Å².